The van der Waals surface area contributed by atoms with Crippen LogP contribution >= 0.6 is 11.8 Å². The molecule has 10 heteroatoms. The highest BCUT2D eigenvalue weighted by Gasteiger charge is 2.25. The van der Waals surface area contributed by atoms with Crippen molar-refractivity contribution in [2.24, 2.45) is 5.92 Å². The zero-order valence-corrected chi connectivity index (χ0v) is 17.1. The van der Waals surface area contributed by atoms with E-state index in [1.807, 2.05) is 20.8 Å². The Hall–Kier alpha value is -1.70. The summed E-state index contributed by atoms with van der Waals surface area (Å²) in [6.07, 6.45) is 4.45. The van der Waals surface area contributed by atoms with Crippen LogP contribution in [0.4, 0.5) is 10.1 Å². The highest BCUT2D eigenvalue weighted by molar-refractivity contribution is 8.04. The van der Waals surface area contributed by atoms with Crippen molar-refractivity contribution < 1.29 is 9.18 Å². The molecule has 0 N–H and O–H groups in total. The summed E-state index contributed by atoms with van der Waals surface area (Å²) in [5, 5.41) is 4.43. The van der Waals surface area contributed by atoms with Gasteiger partial charge in [0.25, 0.3) is 0 Å². The van der Waals surface area contributed by atoms with E-state index in [4.69, 9.17) is 0 Å². The predicted octanol–water partition coefficient (Wildman–Crippen LogP) is -0.0524. The summed E-state index contributed by atoms with van der Waals surface area (Å²) >= 11 is 1.78. The number of carbonyl (C=O) groups excluding carboxylic acids is 1. The van der Waals surface area contributed by atoms with E-state index in [0.29, 0.717) is 12.2 Å². The summed E-state index contributed by atoms with van der Waals surface area (Å²) in [5.41, 5.74) is 1.99. The van der Waals surface area contributed by atoms with Crippen LogP contribution in [-0.4, -0.2) is 61.0 Å². The van der Waals surface area contributed by atoms with E-state index in [0.717, 1.165) is 23.3 Å². The van der Waals surface area contributed by atoms with Crippen molar-refractivity contribution in [1.82, 2.24) is 14.8 Å². The standard InChI is InChI=1S/C16H24B3FN4OS/c1-4-23(15(25)10(2)9-26-16(17,18)19)14-8-24(22-11(14)3)13-5-12(20)6-21-7-13/h5-8,10H,4,9,17-19H2,1-3H3. The van der Waals surface area contributed by atoms with Crippen LogP contribution in [-0.2, 0) is 4.79 Å². The van der Waals surface area contributed by atoms with Gasteiger partial charge in [-0.3, -0.25) is 9.78 Å². The Morgan fingerprint density at radius 1 is 1.42 bits per heavy atom. The van der Waals surface area contributed by atoms with Crippen molar-refractivity contribution >= 4 is 46.9 Å². The van der Waals surface area contributed by atoms with Crippen molar-refractivity contribution in [2.75, 3.05) is 17.2 Å². The maximum absolute atomic E-state index is 13.4. The molecule has 1 unspecified atom stereocenters. The molecule has 26 heavy (non-hydrogen) atoms. The first-order valence-corrected chi connectivity index (χ1v) is 9.73. The number of nitrogens with zero attached hydrogens (tertiary/aromatic N) is 4. The van der Waals surface area contributed by atoms with Crippen molar-refractivity contribution in [1.29, 1.82) is 0 Å². The van der Waals surface area contributed by atoms with Crippen LogP contribution in [0.2, 0.25) is 0 Å². The van der Waals surface area contributed by atoms with Gasteiger partial charge < -0.3 is 4.90 Å². The summed E-state index contributed by atoms with van der Waals surface area (Å²) in [4.78, 5) is 18.6. The maximum Gasteiger partial charge on any atom is 0.230 e. The minimum Gasteiger partial charge on any atom is -0.309 e. The van der Waals surface area contributed by atoms with Crippen molar-refractivity contribution in [3.8, 4) is 5.69 Å². The lowest BCUT2D eigenvalue weighted by Gasteiger charge is -2.26. The molecule has 2 heterocycles. The molecule has 2 rings (SSSR count). The minimum absolute atomic E-state index is 0.0734. The van der Waals surface area contributed by atoms with E-state index >= 15 is 0 Å². The van der Waals surface area contributed by atoms with Gasteiger partial charge in [-0.2, -0.15) is 16.9 Å². The molecular weight excluding hydrogens is 348 g/mol. The zero-order chi connectivity index (χ0) is 19.5. The van der Waals surface area contributed by atoms with Crippen LogP contribution in [0.3, 0.4) is 0 Å². The first kappa shape index (κ1) is 20.6. The molecule has 1 atom stereocenters. The number of aromatic nitrogens is 3. The first-order chi connectivity index (χ1) is 12.1. The summed E-state index contributed by atoms with van der Waals surface area (Å²) in [7, 11) is 6.44. The second-order valence-electron chi connectivity index (χ2n) is 7.31. The Bertz CT molecular complexity index is 781. The van der Waals surface area contributed by atoms with Gasteiger partial charge in [0.1, 0.15) is 29.4 Å². The monoisotopic (exact) mass is 372 g/mol. The molecule has 0 bridgehead atoms. The third-order valence-corrected chi connectivity index (χ3v) is 5.42. The molecule has 0 aliphatic heterocycles. The Balaban J connectivity index is 2.23. The molecule has 0 fully saturated rings. The summed E-state index contributed by atoms with van der Waals surface area (Å²) in [6.45, 7) is 6.31. The number of rotatable bonds is 7. The largest absolute Gasteiger partial charge is 0.309 e. The van der Waals surface area contributed by atoms with Gasteiger partial charge in [0.2, 0.25) is 5.91 Å². The van der Waals surface area contributed by atoms with Crippen LogP contribution in [0.1, 0.15) is 19.5 Å². The Kier molecular flexibility index (Phi) is 6.61. The van der Waals surface area contributed by atoms with Crippen molar-refractivity contribution in [3.63, 3.8) is 0 Å². The fourth-order valence-corrected chi connectivity index (χ4v) is 3.42. The second-order valence-corrected chi connectivity index (χ2v) is 9.16. The number of hydrogen-bond acceptors (Lipinski definition) is 4. The van der Waals surface area contributed by atoms with Gasteiger partial charge >= 0.3 is 0 Å². The predicted molar refractivity (Wildman–Crippen MR) is 114 cm³/mol. The van der Waals surface area contributed by atoms with Gasteiger partial charge in [-0.25, -0.2) is 9.07 Å². The Morgan fingerprint density at radius 3 is 2.69 bits per heavy atom. The zero-order valence-electron chi connectivity index (χ0n) is 16.3. The number of amides is 1. The Morgan fingerprint density at radius 2 is 2.12 bits per heavy atom. The van der Waals surface area contributed by atoms with Crippen LogP contribution < -0.4 is 4.90 Å². The van der Waals surface area contributed by atoms with Crippen LogP contribution in [0.15, 0.2) is 24.7 Å². The van der Waals surface area contributed by atoms with Crippen molar-refractivity contribution in [3.05, 3.63) is 36.2 Å². The number of aryl methyl sites for hydroxylation is 1. The molecule has 2 aromatic heterocycles. The quantitative estimate of drug-likeness (QED) is 0.640. The lowest BCUT2D eigenvalue weighted by molar-refractivity contribution is -0.121. The topological polar surface area (TPSA) is 51.0 Å². The molecule has 136 valence electrons. The average molecular weight is 372 g/mol. The number of thioether (sulfide) groups is 1. The van der Waals surface area contributed by atoms with E-state index in [2.05, 4.69) is 33.6 Å². The normalized spacial score (nSPS) is 12.8. The third-order valence-electron chi connectivity index (χ3n) is 3.89. The van der Waals surface area contributed by atoms with E-state index in [-0.39, 0.29) is 16.3 Å². The molecule has 0 saturated carbocycles. The molecule has 1 amide bonds. The fourth-order valence-electron chi connectivity index (χ4n) is 2.53. The van der Waals surface area contributed by atoms with Crippen molar-refractivity contribution in [2.45, 2.75) is 25.2 Å². The summed E-state index contributed by atoms with van der Waals surface area (Å²) in [6, 6.07) is 1.37. The first-order valence-electron chi connectivity index (χ1n) is 8.75. The molecule has 2 aromatic rings. The van der Waals surface area contributed by atoms with E-state index in [1.165, 1.54) is 6.07 Å². The van der Waals surface area contributed by atoms with Gasteiger partial charge in [0.15, 0.2) is 0 Å². The molecular formula is C16H24B3FN4OS. The molecule has 0 aliphatic rings. The van der Waals surface area contributed by atoms with E-state index < -0.39 is 5.82 Å². The number of anilines is 1. The lowest BCUT2D eigenvalue weighted by Crippen LogP contribution is -2.37. The molecule has 5 nitrogen and oxygen atoms in total. The van der Waals surface area contributed by atoms with Gasteiger partial charge in [-0.05, 0) is 13.8 Å². The summed E-state index contributed by atoms with van der Waals surface area (Å²) < 4.78 is 15.1. The minimum atomic E-state index is -0.423. The van der Waals surface area contributed by atoms with Crippen LogP contribution in [0, 0.1) is 18.7 Å². The highest BCUT2D eigenvalue weighted by Crippen LogP contribution is 2.25. The molecule has 0 aromatic carbocycles. The smallest absolute Gasteiger partial charge is 0.230 e. The van der Waals surface area contributed by atoms with Crippen LogP contribution in [0.5, 0.6) is 0 Å². The molecule has 0 radical (unpaired) electrons. The highest BCUT2D eigenvalue weighted by atomic mass is 32.2. The maximum atomic E-state index is 13.4. The number of pyridine rings is 1. The fraction of sp³-hybridized carbons (Fsp3) is 0.438. The number of halogens is 1. The molecule has 0 spiro atoms. The molecule has 0 saturated heterocycles. The number of carbonyl (C=O) groups is 1. The second kappa shape index (κ2) is 8.33. The van der Waals surface area contributed by atoms with Crippen LogP contribution in [0.25, 0.3) is 5.69 Å². The van der Waals surface area contributed by atoms with Gasteiger partial charge in [-0.1, -0.05) is 11.4 Å². The van der Waals surface area contributed by atoms with E-state index in [1.54, 1.807) is 33.7 Å². The molecule has 0 aliphatic carbocycles. The van der Waals surface area contributed by atoms with Gasteiger partial charge in [0, 0.05) is 24.3 Å². The third kappa shape index (κ3) is 5.16. The average Bonchev–Trinajstić information content (AvgIpc) is 2.94. The lowest BCUT2D eigenvalue weighted by atomic mass is 9.56. The SMILES string of the molecule is BC(B)(B)SCC(C)C(=O)N(CC)c1cn(-c2cncc(F)c2)nc1C. The van der Waals surface area contributed by atoms with Gasteiger partial charge in [-0.15, -0.1) is 0 Å². The Labute approximate surface area is 161 Å². The van der Waals surface area contributed by atoms with E-state index in [9.17, 15) is 9.18 Å². The van der Waals surface area contributed by atoms with Gasteiger partial charge in [0.05, 0.1) is 35.7 Å². The number of hydrogen-bond donors (Lipinski definition) is 0. The summed E-state index contributed by atoms with van der Waals surface area (Å²) in [5.74, 6) is 0.315.